The summed E-state index contributed by atoms with van der Waals surface area (Å²) in [7, 11) is 1.44. The van der Waals surface area contributed by atoms with Crippen molar-refractivity contribution in [1.82, 2.24) is 25.7 Å². The first-order valence-corrected chi connectivity index (χ1v) is 4.55. The molecular weight excluding hydrogens is 214 g/mol. The molecule has 1 aromatic heterocycles. The van der Waals surface area contributed by atoms with Gasteiger partial charge in [-0.05, 0) is 6.92 Å². The van der Waals surface area contributed by atoms with Gasteiger partial charge in [0.1, 0.15) is 0 Å². The van der Waals surface area contributed by atoms with Crippen LogP contribution in [0, 0.1) is 6.92 Å². The van der Waals surface area contributed by atoms with Crippen LogP contribution in [0.2, 0.25) is 0 Å². The average Bonchev–Trinajstić information content (AvgIpc) is 2.82. The SMILES string of the molecule is CON1ONC=C1n1nnc(C(C)=O)c1C. The van der Waals surface area contributed by atoms with Gasteiger partial charge in [-0.25, -0.2) is 10.3 Å². The largest absolute Gasteiger partial charge is 0.293 e. The maximum Gasteiger partial charge on any atom is 0.207 e. The molecule has 8 nitrogen and oxygen atoms in total. The molecule has 0 spiro atoms. The highest BCUT2D eigenvalue weighted by atomic mass is 17.0. The van der Waals surface area contributed by atoms with E-state index in [1.165, 1.54) is 24.9 Å². The van der Waals surface area contributed by atoms with Gasteiger partial charge in [0.2, 0.25) is 5.82 Å². The highest BCUT2D eigenvalue weighted by molar-refractivity contribution is 5.93. The van der Waals surface area contributed by atoms with E-state index >= 15 is 0 Å². The lowest BCUT2D eigenvalue weighted by molar-refractivity contribution is -0.326. The number of nitrogens with one attached hydrogen (secondary N) is 1. The smallest absolute Gasteiger partial charge is 0.207 e. The monoisotopic (exact) mass is 225 g/mol. The van der Waals surface area contributed by atoms with Gasteiger partial charge >= 0.3 is 0 Å². The summed E-state index contributed by atoms with van der Waals surface area (Å²) in [5.74, 6) is 0.347. The normalized spacial score (nSPS) is 14.9. The fraction of sp³-hybridized carbons (Fsp3) is 0.375. The van der Waals surface area contributed by atoms with E-state index in [-0.39, 0.29) is 5.78 Å². The zero-order chi connectivity index (χ0) is 11.7. The van der Waals surface area contributed by atoms with E-state index in [0.29, 0.717) is 17.2 Å². The van der Waals surface area contributed by atoms with Crippen molar-refractivity contribution in [2.75, 3.05) is 7.11 Å². The molecule has 1 N–H and O–H groups in total. The molecule has 0 aliphatic carbocycles. The second-order valence-electron chi connectivity index (χ2n) is 3.14. The Hall–Kier alpha value is -1.93. The van der Waals surface area contributed by atoms with Gasteiger partial charge in [0.15, 0.2) is 11.5 Å². The number of hydroxylamine groups is 3. The molecule has 0 saturated carbocycles. The molecule has 0 saturated heterocycles. The number of aromatic nitrogens is 3. The van der Waals surface area contributed by atoms with Crippen molar-refractivity contribution in [3.8, 4) is 0 Å². The molecule has 1 aromatic rings. The number of ketones is 1. The van der Waals surface area contributed by atoms with E-state index in [4.69, 9.17) is 9.78 Å². The van der Waals surface area contributed by atoms with Crippen LogP contribution in [0.4, 0.5) is 0 Å². The molecule has 2 heterocycles. The maximum atomic E-state index is 11.2. The summed E-state index contributed by atoms with van der Waals surface area (Å²) in [6, 6.07) is 0. The molecule has 0 aromatic carbocycles. The second-order valence-corrected chi connectivity index (χ2v) is 3.14. The van der Waals surface area contributed by atoms with E-state index in [1.807, 2.05) is 0 Å². The minimum Gasteiger partial charge on any atom is -0.293 e. The minimum atomic E-state index is -0.139. The lowest BCUT2D eigenvalue weighted by Crippen LogP contribution is -2.22. The van der Waals surface area contributed by atoms with Gasteiger partial charge in [-0.1, -0.05) is 10.4 Å². The zero-order valence-corrected chi connectivity index (χ0v) is 9.09. The summed E-state index contributed by atoms with van der Waals surface area (Å²) in [5.41, 5.74) is 3.44. The lowest BCUT2D eigenvalue weighted by atomic mass is 10.2. The van der Waals surface area contributed by atoms with Crippen LogP contribution in [-0.2, 0) is 9.78 Å². The number of rotatable bonds is 3. The Morgan fingerprint density at radius 2 is 2.38 bits per heavy atom. The number of hydrogen-bond acceptors (Lipinski definition) is 7. The molecule has 8 heteroatoms. The number of carbonyl (C=O) groups excluding carboxylic acids is 1. The van der Waals surface area contributed by atoms with Crippen LogP contribution in [0.15, 0.2) is 6.20 Å². The van der Waals surface area contributed by atoms with Crippen molar-refractivity contribution in [3.05, 3.63) is 17.6 Å². The number of nitrogens with zero attached hydrogens (tertiary/aromatic N) is 4. The topological polar surface area (TPSA) is 81.5 Å². The highest BCUT2D eigenvalue weighted by Crippen LogP contribution is 2.17. The Labute approximate surface area is 91.3 Å². The Bertz CT molecular complexity index is 453. The van der Waals surface area contributed by atoms with Gasteiger partial charge in [0.05, 0.1) is 19.0 Å². The van der Waals surface area contributed by atoms with Gasteiger partial charge in [-0.15, -0.1) is 10.0 Å². The van der Waals surface area contributed by atoms with Crippen molar-refractivity contribution in [1.29, 1.82) is 0 Å². The summed E-state index contributed by atoms with van der Waals surface area (Å²) >= 11 is 0. The summed E-state index contributed by atoms with van der Waals surface area (Å²) in [6.07, 6.45) is 1.54. The minimum absolute atomic E-state index is 0.139. The Balaban J connectivity index is 2.38. The average molecular weight is 225 g/mol. The van der Waals surface area contributed by atoms with E-state index in [1.54, 1.807) is 6.92 Å². The lowest BCUT2D eigenvalue weighted by Gasteiger charge is -2.14. The van der Waals surface area contributed by atoms with Gasteiger partial charge in [0, 0.05) is 6.92 Å². The van der Waals surface area contributed by atoms with Crippen LogP contribution >= 0.6 is 0 Å². The third-order valence-electron chi connectivity index (χ3n) is 2.12. The molecule has 0 amide bonds. The Kier molecular flexibility index (Phi) is 2.59. The number of Topliss-reactive ketones (excluding diaryl/α,β-unsaturated/α-hetero) is 1. The number of hydrogen-bond donors (Lipinski definition) is 1. The molecule has 0 bridgehead atoms. The molecule has 2 rings (SSSR count). The third-order valence-corrected chi connectivity index (χ3v) is 2.12. The fourth-order valence-corrected chi connectivity index (χ4v) is 1.37. The van der Waals surface area contributed by atoms with Crippen molar-refractivity contribution in [3.63, 3.8) is 0 Å². The van der Waals surface area contributed by atoms with E-state index in [0.717, 1.165) is 5.23 Å². The van der Waals surface area contributed by atoms with E-state index in [9.17, 15) is 4.79 Å². The van der Waals surface area contributed by atoms with Crippen LogP contribution in [0.5, 0.6) is 0 Å². The molecule has 1 aliphatic heterocycles. The number of carbonyl (C=O) groups is 1. The van der Waals surface area contributed by atoms with Crippen LogP contribution in [0.1, 0.15) is 23.1 Å². The van der Waals surface area contributed by atoms with Gasteiger partial charge in [-0.2, -0.15) is 4.68 Å². The third kappa shape index (κ3) is 1.53. The fourth-order valence-electron chi connectivity index (χ4n) is 1.37. The molecular formula is C8H11N5O3. The van der Waals surface area contributed by atoms with Crippen molar-refractivity contribution in [2.24, 2.45) is 0 Å². The first-order valence-electron chi connectivity index (χ1n) is 4.55. The summed E-state index contributed by atoms with van der Waals surface area (Å²) in [5, 5.41) is 8.76. The molecule has 86 valence electrons. The summed E-state index contributed by atoms with van der Waals surface area (Å²) < 4.78 is 1.44. The van der Waals surface area contributed by atoms with Crippen LogP contribution in [-0.4, -0.2) is 33.1 Å². The molecule has 1 aliphatic rings. The quantitative estimate of drug-likeness (QED) is 0.717. The first-order chi connectivity index (χ1) is 7.65. The Morgan fingerprint density at radius 1 is 1.62 bits per heavy atom. The standard InChI is InChI=1S/C8H11N5O3/c1-5-8(6(2)14)10-11-12(5)7-4-9-16-13(7)15-3/h4,9H,1-3H3. The van der Waals surface area contributed by atoms with Gasteiger partial charge < -0.3 is 0 Å². The van der Waals surface area contributed by atoms with Crippen LogP contribution in [0.3, 0.4) is 0 Å². The molecule has 0 unspecified atom stereocenters. The summed E-state index contributed by atoms with van der Waals surface area (Å²) in [6.45, 7) is 3.18. The van der Waals surface area contributed by atoms with Crippen molar-refractivity contribution < 1.29 is 14.6 Å². The molecule has 16 heavy (non-hydrogen) atoms. The zero-order valence-electron chi connectivity index (χ0n) is 9.09. The van der Waals surface area contributed by atoms with E-state index < -0.39 is 0 Å². The second kappa shape index (κ2) is 3.91. The van der Waals surface area contributed by atoms with Crippen molar-refractivity contribution in [2.45, 2.75) is 13.8 Å². The predicted molar refractivity (Wildman–Crippen MR) is 52.1 cm³/mol. The molecule has 0 atom stereocenters. The van der Waals surface area contributed by atoms with Crippen LogP contribution < -0.4 is 5.48 Å². The molecule has 0 radical (unpaired) electrons. The highest BCUT2D eigenvalue weighted by Gasteiger charge is 2.23. The maximum absolute atomic E-state index is 11.2. The van der Waals surface area contributed by atoms with Gasteiger partial charge in [0.25, 0.3) is 0 Å². The van der Waals surface area contributed by atoms with Crippen LogP contribution in [0.25, 0.3) is 5.82 Å². The Morgan fingerprint density at radius 3 is 2.94 bits per heavy atom. The van der Waals surface area contributed by atoms with Crippen molar-refractivity contribution >= 4 is 11.6 Å². The predicted octanol–water partition coefficient (Wildman–Crippen LogP) is -0.142. The van der Waals surface area contributed by atoms with E-state index in [2.05, 4.69) is 15.8 Å². The molecule has 0 fully saturated rings. The first kappa shape index (κ1) is 10.6. The summed E-state index contributed by atoms with van der Waals surface area (Å²) in [4.78, 5) is 21.0. The van der Waals surface area contributed by atoms with Gasteiger partial charge in [-0.3, -0.25) is 4.79 Å².